The van der Waals surface area contributed by atoms with Crippen LogP contribution in [0.5, 0.6) is 0 Å². The molecule has 1 amide bonds. The number of piperazine rings is 1. The van der Waals surface area contributed by atoms with Crippen LogP contribution < -0.4 is 5.32 Å². The second kappa shape index (κ2) is 8.80. The number of nitrogens with one attached hydrogen (secondary N) is 1. The number of benzene rings is 2. The lowest BCUT2D eigenvalue weighted by Gasteiger charge is -2.31. The molecule has 1 heterocycles. The van der Waals surface area contributed by atoms with Crippen LogP contribution in [0.3, 0.4) is 0 Å². The molecule has 9 heteroatoms. The van der Waals surface area contributed by atoms with Gasteiger partial charge in [0.25, 0.3) is 5.91 Å². The molecule has 0 radical (unpaired) electrons. The summed E-state index contributed by atoms with van der Waals surface area (Å²) in [5.74, 6) is -0.374. The Morgan fingerprint density at radius 3 is 2.46 bits per heavy atom. The number of halogens is 2. The van der Waals surface area contributed by atoms with Gasteiger partial charge in [-0.25, -0.2) is 8.42 Å². The van der Waals surface area contributed by atoms with Crippen LogP contribution in [0, 0.1) is 0 Å². The third kappa shape index (κ3) is 4.85. The molecule has 0 atom stereocenters. The maximum Gasteiger partial charge on any atom is 0.251 e. The summed E-state index contributed by atoms with van der Waals surface area (Å²) in [7, 11) is -1.67. The number of rotatable bonds is 5. The second-order valence-electron chi connectivity index (χ2n) is 6.65. The highest BCUT2D eigenvalue weighted by Gasteiger charge is 2.27. The smallest absolute Gasteiger partial charge is 0.251 e. The first kappa shape index (κ1) is 21.1. The molecule has 150 valence electrons. The minimum atomic E-state index is -3.63. The number of likely N-dealkylation sites (N-methyl/N-ethyl adjacent to an activating group) is 1. The average molecular weight is 442 g/mol. The van der Waals surface area contributed by atoms with Gasteiger partial charge in [0.2, 0.25) is 10.0 Å². The second-order valence-corrected chi connectivity index (χ2v) is 9.44. The van der Waals surface area contributed by atoms with E-state index in [4.69, 9.17) is 23.2 Å². The van der Waals surface area contributed by atoms with Crippen molar-refractivity contribution < 1.29 is 13.2 Å². The molecule has 0 saturated carbocycles. The molecule has 28 heavy (non-hydrogen) atoms. The summed E-state index contributed by atoms with van der Waals surface area (Å²) in [6.07, 6.45) is 0. The highest BCUT2D eigenvalue weighted by atomic mass is 35.5. The number of nitrogens with zero attached hydrogens (tertiary/aromatic N) is 2. The Bertz CT molecular complexity index is 974. The van der Waals surface area contributed by atoms with Crippen molar-refractivity contribution in [2.45, 2.75) is 11.4 Å². The number of carbonyl (C=O) groups is 1. The molecule has 0 bridgehead atoms. The number of carbonyl (C=O) groups excluding carboxylic acids is 1. The quantitative estimate of drug-likeness (QED) is 0.774. The third-order valence-corrected chi connectivity index (χ3v) is 7.13. The predicted octanol–water partition coefficient (Wildman–Crippen LogP) is 2.86. The Morgan fingerprint density at radius 2 is 1.79 bits per heavy atom. The van der Waals surface area contributed by atoms with E-state index < -0.39 is 10.0 Å². The van der Waals surface area contributed by atoms with E-state index >= 15 is 0 Å². The molecule has 1 aliphatic heterocycles. The van der Waals surface area contributed by atoms with E-state index in [1.807, 2.05) is 7.05 Å². The van der Waals surface area contributed by atoms with Gasteiger partial charge in [0.05, 0.1) is 4.90 Å². The zero-order valence-electron chi connectivity index (χ0n) is 15.4. The van der Waals surface area contributed by atoms with Gasteiger partial charge in [-0.2, -0.15) is 4.31 Å². The fourth-order valence-electron chi connectivity index (χ4n) is 2.92. The van der Waals surface area contributed by atoms with Crippen LogP contribution in [0.2, 0.25) is 10.0 Å². The first-order valence-corrected chi connectivity index (χ1v) is 11.0. The SMILES string of the molecule is CN1CCN(S(=O)(=O)c2cccc(C(=O)NCc3ccc(Cl)cc3Cl)c2)CC1. The zero-order chi connectivity index (χ0) is 20.3. The molecule has 0 aromatic heterocycles. The molecule has 0 unspecified atom stereocenters. The van der Waals surface area contributed by atoms with E-state index in [-0.39, 0.29) is 22.9 Å². The summed E-state index contributed by atoms with van der Waals surface area (Å²) in [6, 6.07) is 11.1. The molecule has 2 aromatic carbocycles. The Labute approximate surface area is 175 Å². The van der Waals surface area contributed by atoms with Crippen LogP contribution in [0.15, 0.2) is 47.4 Å². The van der Waals surface area contributed by atoms with Crippen LogP contribution >= 0.6 is 23.2 Å². The number of hydrogen-bond donors (Lipinski definition) is 1. The average Bonchev–Trinajstić information content (AvgIpc) is 2.67. The van der Waals surface area contributed by atoms with Crippen molar-refractivity contribution >= 4 is 39.1 Å². The van der Waals surface area contributed by atoms with Crippen molar-refractivity contribution in [3.8, 4) is 0 Å². The van der Waals surface area contributed by atoms with Gasteiger partial charge < -0.3 is 10.2 Å². The van der Waals surface area contributed by atoms with Gasteiger partial charge in [0, 0.05) is 48.3 Å². The molecule has 0 spiro atoms. The summed E-state index contributed by atoms with van der Waals surface area (Å²) in [6.45, 7) is 2.45. The maximum absolute atomic E-state index is 12.9. The van der Waals surface area contributed by atoms with Crippen LogP contribution in [-0.4, -0.2) is 56.8 Å². The highest BCUT2D eigenvalue weighted by molar-refractivity contribution is 7.89. The van der Waals surface area contributed by atoms with Crippen LogP contribution in [0.25, 0.3) is 0 Å². The number of sulfonamides is 1. The Morgan fingerprint density at radius 1 is 1.07 bits per heavy atom. The lowest BCUT2D eigenvalue weighted by atomic mass is 10.2. The fourth-order valence-corrected chi connectivity index (χ4v) is 4.86. The van der Waals surface area contributed by atoms with Gasteiger partial charge in [-0.1, -0.05) is 35.3 Å². The van der Waals surface area contributed by atoms with Gasteiger partial charge >= 0.3 is 0 Å². The van der Waals surface area contributed by atoms with Gasteiger partial charge in [0.15, 0.2) is 0 Å². The zero-order valence-corrected chi connectivity index (χ0v) is 17.7. The molecule has 1 aliphatic rings. The predicted molar refractivity (Wildman–Crippen MR) is 110 cm³/mol. The molecule has 0 aliphatic carbocycles. The van der Waals surface area contributed by atoms with Crippen molar-refractivity contribution in [1.29, 1.82) is 0 Å². The van der Waals surface area contributed by atoms with E-state index in [1.54, 1.807) is 30.3 Å². The molecular weight excluding hydrogens is 421 g/mol. The van der Waals surface area contributed by atoms with Gasteiger partial charge in [0.1, 0.15) is 0 Å². The van der Waals surface area contributed by atoms with Gasteiger partial charge in [-0.3, -0.25) is 4.79 Å². The van der Waals surface area contributed by atoms with Gasteiger partial charge in [-0.05, 0) is 42.9 Å². The van der Waals surface area contributed by atoms with E-state index in [9.17, 15) is 13.2 Å². The number of hydrogen-bond acceptors (Lipinski definition) is 4. The molecule has 6 nitrogen and oxygen atoms in total. The summed E-state index contributed by atoms with van der Waals surface area (Å²) >= 11 is 12.0. The molecular formula is C19H21Cl2N3O3S. The van der Waals surface area contributed by atoms with Crippen LogP contribution in [0.1, 0.15) is 15.9 Å². The van der Waals surface area contributed by atoms with Crippen LogP contribution in [-0.2, 0) is 16.6 Å². The minimum Gasteiger partial charge on any atom is -0.348 e. The Hall–Kier alpha value is -1.64. The monoisotopic (exact) mass is 441 g/mol. The van der Waals surface area contributed by atoms with Crippen molar-refractivity contribution in [1.82, 2.24) is 14.5 Å². The van der Waals surface area contributed by atoms with E-state index in [0.717, 1.165) is 5.56 Å². The third-order valence-electron chi connectivity index (χ3n) is 4.65. The maximum atomic E-state index is 12.9. The summed E-state index contributed by atoms with van der Waals surface area (Å²) in [5, 5.41) is 3.73. The lowest BCUT2D eigenvalue weighted by Crippen LogP contribution is -2.47. The largest absolute Gasteiger partial charge is 0.348 e. The van der Waals surface area contributed by atoms with Gasteiger partial charge in [-0.15, -0.1) is 0 Å². The van der Waals surface area contributed by atoms with Crippen molar-refractivity contribution in [3.05, 3.63) is 63.6 Å². The topological polar surface area (TPSA) is 69.7 Å². The van der Waals surface area contributed by atoms with Crippen molar-refractivity contribution in [2.75, 3.05) is 33.2 Å². The van der Waals surface area contributed by atoms with Crippen molar-refractivity contribution in [3.63, 3.8) is 0 Å². The molecule has 3 rings (SSSR count). The van der Waals surface area contributed by atoms with E-state index in [2.05, 4.69) is 10.2 Å². The number of amides is 1. The molecule has 2 aromatic rings. The lowest BCUT2D eigenvalue weighted by molar-refractivity contribution is 0.0950. The summed E-state index contributed by atoms with van der Waals surface area (Å²) in [5.41, 5.74) is 1.00. The Kier molecular flexibility index (Phi) is 6.62. The standard InChI is InChI=1S/C19H21Cl2N3O3S/c1-23-7-9-24(10-8-23)28(26,27)17-4-2-3-14(11-17)19(25)22-13-15-5-6-16(20)12-18(15)21/h2-6,11-12H,7-10,13H2,1H3,(H,22,25). The fraction of sp³-hybridized carbons (Fsp3) is 0.316. The first-order chi connectivity index (χ1) is 13.3. The van der Waals surface area contributed by atoms with E-state index in [1.165, 1.54) is 16.4 Å². The summed E-state index contributed by atoms with van der Waals surface area (Å²) in [4.78, 5) is 14.7. The minimum absolute atomic E-state index is 0.120. The first-order valence-electron chi connectivity index (χ1n) is 8.78. The summed E-state index contributed by atoms with van der Waals surface area (Å²) < 4.78 is 27.2. The van der Waals surface area contributed by atoms with Crippen molar-refractivity contribution in [2.24, 2.45) is 0 Å². The molecule has 1 N–H and O–H groups in total. The molecule has 1 fully saturated rings. The molecule has 1 saturated heterocycles. The van der Waals surface area contributed by atoms with Crippen LogP contribution in [0.4, 0.5) is 0 Å². The normalized spacial score (nSPS) is 16.1. The highest BCUT2D eigenvalue weighted by Crippen LogP contribution is 2.21. The van der Waals surface area contributed by atoms with E-state index in [0.29, 0.717) is 36.2 Å². The Balaban J connectivity index is 1.72.